The van der Waals surface area contributed by atoms with Crippen LogP contribution in [0.2, 0.25) is 5.02 Å². The Labute approximate surface area is 188 Å². The molecule has 0 radical (unpaired) electrons. The average Bonchev–Trinajstić information content (AvgIpc) is 3.06. The largest absolute Gasteiger partial charge is 0.322 e. The average molecular weight is 483 g/mol. The number of hydrogen-bond acceptors (Lipinski definition) is 4. The highest BCUT2D eigenvalue weighted by Gasteiger charge is 2.47. The first-order chi connectivity index (χ1) is 15.0. The van der Waals surface area contributed by atoms with E-state index in [9.17, 15) is 22.0 Å². The molecule has 1 fully saturated rings. The van der Waals surface area contributed by atoms with Gasteiger partial charge in [0.2, 0.25) is 0 Å². The standard InChI is InChI=1S/C21H21ClF2N4O3S/c1-12(2)18-20(32(30,31)27-14-9-21(23,24)10-14)28-11-16(22)15(8-17(28)26-18)19(29)25-13-6-4-3-5-7-13/h3-8,11-12,14,27H,9-10H2,1-2H3,(H,25,29). The molecule has 170 valence electrons. The van der Waals surface area contributed by atoms with Gasteiger partial charge in [0.1, 0.15) is 5.65 Å². The normalized spacial score (nSPS) is 16.3. The number of nitrogens with zero attached hydrogens (tertiary/aromatic N) is 2. The van der Waals surface area contributed by atoms with E-state index in [-0.39, 0.29) is 32.9 Å². The van der Waals surface area contributed by atoms with Crippen molar-refractivity contribution < 1.29 is 22.0 Å². The van der Waals surface area contributed by atoms with Gasteiger partial charge in [-0.15, -0.1) is 0 Å². The van der Waals surface area contributed by atoms with Crippen molar-refractivity contribution in [3.8, 4) is 0 Å². The van der Waals surface area contributed by atoms with Gasteiger partial charge < -0.3 is 5.32 Å². The first kappa shape index (κ1) is 22.6. The van der Waals surface area contributed by atoms with Crippen molar-refractivity contribution >= 4 is 38.9 Å². The summed E-state index contributed by atoms with van der Waals surface area (Å²) >= 11 is 6.33. The zero-order chi connectivity index (χ0) is 23.3. The molecule has 0 spiro atoms. The summed E-state index contributed by atoms with van der Waals surface area (Å²) in [6.45, 7) is 3.53. The van der Waals surface area contributed by atoms with E-state index in [0.29, 0.717) is 5.69 Å². The van der Waals surface area contributed by atoms with Gasteiger partial charge in [0, 0.05) is 30.8 Å². The number of alkyl halides is 2. The van der Waals surface area contributed by atoms with Crippen LogP contribution in [0.15, 0.2) is 47.6 Å². The van der Waals surface area contributed by atoms with Crippen molar-refractivity contribution in [2.75, 3.05) is 5.32 Å². The predicted molar refractivity (Wildman–Crippen MR) is 117 cm³/mol. The van der Waals surface area contributed by atoms with Crippen molar-refractivity contribution in [2.24, 2.45) is 0 Å². The van der Waals surface area contributed by atoms with Gasteiger partial charge in [0.15, 0.2) is 5.03 Å². The zero-order valence-corrected chi connectivity index (χ0v) is 18.8. The molecule has 0 unspecified atom stereocenters. The molecular weight excluding hydrogens is 462 g/mol. The number of benzene rings is 1. The SMILES string of the molecule is CC(C)c1nc2cc(C(=O)Nc3ccccc3)c(Cl)cn2c1S(=O)(=O)NC1CC(F)(F)C1. The van der Waals surface area contributed by atoms with E-state index in [0.717, 1.165) is 0 Å². The second-order valence-electron chi connectivity index (χ2n) is 8.12. The van der Waals surface area contributed by atoms with Crippen LogP contribution >= 0.6 is 11.6 Å². The van der Waals surface area contributed by atoms with Crippen molar-refractivity contribution in [3.05, 3.63) is 58.9 Å². The Kier molecular flexibility index (Phi) is 5.72. The molecule has 2 N–H and O–H groups in total. The number of aromatic nitrogens is 2. The molecule has 2 aromatic heterocycles. The van der Waals surface area contributed by atoms with Crippen molar-refractivity contribution in [1.29, 1.82) is 0 Å². The van der Waals surface area contributed by atoms with Crippen molar-refractivity contribution in [1.82, 2.24) is 14.1 Å². The number of nitrogens with one attached hydrogen (secondary N) is 2. The quantitative estimate of drug-likeness (QED) is 0.543. The summed E-state index contributed by atoms with van der Waals surface area (Å²) in [4.78, 5) is 17.1. The van der Waals surface area contributed by atoms with Gasteiger partial charge in [-0.25, -0.2) is 26.9 Å². The fourth-order valence-corrected chi connectivity index (χ4v) is 5.53. The predicted octanol–water partition coefficient (Wildman–Crippen LogP) is 4.44. The van der Waals surface area contributed by atoms with E-state index in [2.05, 4.69) is 15.0 Å². The summed E-state index contributed by atoms with van der Waals surface area (Å²) in [5.41, 5.74) is 1.15. The number of para-hydroxylation sites is 1. The van der Waals surface area contributed by atoms with Gasteiger partial charge in [-0.2, -0.15) is 0 Å². The maximum absolute atomic E-state index is 13.2. The van der Waals surface area contributed by atoms with Crippen LogP contribution in [0.4, 0.5) is 14.5 Å². The number of halogens is 3. The molecule has 32 heavy (non-hydrogen) atoms. The highest BCUT2D eigenvalue weighted by molar-refractivity contribution is 7.89. The zero-order valence-electron chi connectivity index (χ0n) is 17.3. The number of imidazole rings is 1. The van der Waals surface area contributed by atoms with Gasteiger partial charge >= 0.3 is 0 Å². The minimum atomic E-state index is -4.17. The van der Waals surface area contributed by atoms with Crippen LogP contribution in [0.5, 0.6) is 0 Å². The van der Waals surface area contributed by atoms with Gasteiger partial charge in [-0.1, -0.05) is 43.6 Å². The molecule has 2 heterocycles. The number of pyridine rings is 1. The third kappa shape index (κ3) is 4.35. The van der Waals surface area contributed by atoms with E-state index < -0.39 is 40.7 Å². The van der Waals surface area contributed by atoms with Crippen LogP contribution in [0.3, 0.4) is 0 Å². The van der Waals surface area contributed by atoms with E-state index in [4.69, 9.17) is 11.6 Å². The minimum Gasteiger partial charge on any atom is -0.322 e. The molecule has 1 aromatic carbocycles. The number of sulfonamides is 1. The Morgan fingerprint density at radius 2 is 1.91 bits per heavy atom. The summed E-state index contributed by atoms with van der Waals surface area (Å²) < 4.78 is 56.1. The molecular formula is C21H21ClF2N4O3S. The van der Waals surface area contributed by atoms with Crippen LogP contribution in [0.1, 0.15) is 48.7 Å². The molecule has 0 aliphatic heterocycles. The molecule has 4 rings (SSSR count). The van der Waals surface area contributed by atoms with Crippen LogP contribution < -0.4 is 10.0 Å². The second-order valence-corrected chi connectivity index (χ2v) is 10.2. The molecule has 0 saturated heterocycles. The van der Waals surface area contributed by atoms with Crippen LogP contribution in [-0.2, 0) is 10.0 Å². The first-order valence-electron chi connectivity index (χ1n) is 9.95. The lowest BCUT2D eigenvalue weighted by molar-refractivity contribution is -0.0876. The van der Waals surface area contributed by atoms with Crippen molar-refractivity contribution in [2.45, 2.75) is 49.6 Å². The highest BCUT2D eigenvalue weighted by atomic mass is 35.5. The van der Waals surface area contributed by atoms with E-state index in [1.54, 1.807) is 38.1 Å². The Morgan fingerprint density at radius 1 is 1.25 bits per heavy atom. The third-order valence-electron chi connectivity index (χ3n) is 5.18. The van der Waals surface area contributed by atoms with Crippen LogP contribution in [-0.4, -0.2) is 35.7 Å². The summed E-state index contributed by atoms with van der Waals surface area (Å²) in [5, 5.41) is 2.57. The molecule has 0 atom stereocenters. The molecule has 11 heteroatoms. The van der Waals surface area contributed by atoms with Crippen LogP contribution in [0, 0.1) is 0 Å². The summed E-state index contributed by atoms with van der Waals surface area (Å²) in [7, 11) is -4.17. The molecule has 3 aromatic rings. The van der Waals surface area contributed by atoms with E-state index >= 15 is 0 Å². The lowest BCUT2D eigenvalue weighted by Gasteiger charge is -2.34. The minimum absolute atomic E-state index is 0.0188. The van der Waals surface area contributed by atoms with E-state index in [1.807, 2.05) is 6.07 Å². The molecule has 0 bridgehead atoms. The molecule has 1 aliphatic carbocycles. The number of rotatable bonds is 6. The van der Waals surface area contributed by atoms with Gasteiger partial charge in [-0.05, 0) is 24.1 Å². The Morgan fingerprint density at radius 3 is 2.50 bits per heavy atom. The summed E-state index contributed by atoms with van der Waals surface area (Å²) in [6.07, 6.45) is 0.203. The number of carbonyl (C=O) groups excluding carboxylic acids is 1. The molecule has 1 saturated carbocycles. The highest BCUT2D eigenvalue weighted by Crippen LogP contribution is 2.38. The van der Waals surface area contributed by atoms with Gasteiger partial charge in [-0.3, -0.25) is 9.20 Å². The molecule has 1 amide bonds. The number of amides is 1. The Bertz CT molecular complexity index is 1290. The smallest absolute Gasteiger partial charge is 0.258 e. The van der Waals surface area contributed by atoms with Crippen LogP contribution in [0.25, 0.3) is 5.65 Å². The van der Waals surface area contributed by atoms with Crippen molar-refractivity contribution in [3.63, 3.8) is 0 Å². The Hall–Kier alpha value is -2.56. The maximum Gasteiger partial charge on any atom is 0.258 e. The molecule has 1 aliphatic rings. The van der Waals surface area contributed by atoms with Gasteiger partial charge in [0.25, 0.3) is 21.9 Å². The lowest BCUT2D eigenvalue weighted by atomic mass is 9.89. The Balaban J connectivity index is 1.73. The number of hydrogen-bond donors (Lipinski definition) is 2. The first-order valence-corrected chi connectivity index (χ1v) is 11.8. The third-order valence-corrected chi connectivity index (χ3v) is 7.04. The number of fused-ring (bicyclic) bond motifs is 1. The maximum atomic E-state index is 13.2. The van der Waals surface area contributed by atoms with Gasteiger partial charge in [0.05, 0.1) is 16.3 Å². The fourth-order valence-electron chi connectivity index (χ4n) is 3.62. The molecule has 7 nitrogen and oxygen atoms in total. The summed E-state index contributed by atoms with van der Waals surface area (Å²) in [5.74, 6) is -3.63. The monoisotopic (exact) mass is 482 g/mol. The topological polar surface area (TPSA) is 92.6 Å². The number of anilines is 1. The summed E-state index contributed by atoms with van der Waals surface area (Å²) in [6, 6.07) is 9.34. The fraction of sp³-hybridized carbons (Fsp3) is 0.333. The number of carbonyl (C=O) groups is 1. The lowest BCUT2D eigenvalue weighted by Crippen LogP contribution is -2.50. The van der Waals surface area contributed by atoms with E-state index in [1.165, 1.54) is 16.7 Å². The second kappa shape index (κ2) is 8.09.